The van der Waals surface area contributed by atoms with Gasteiger partial charge in [0.05, 0.1) is 22.3 Å². The van der Waals surface area contributed by atoms with Gasteiger partial charge in [0.15, 0.2) is 4.80 Å². The quantitative estimate of drug-likeness (QED) is 0.543. The number of fused-ring (bicyclic) bond motifs is 1. The van der Waals surface area contributed by atoms with Gasteiger partial charge < -0.3 is 9.09 Å². The lowest BCUT2D eigenvalue weighted by atomic mass is 10.0. The maximum Gasteiger partial charge on any atom is 0.280 e. The van der Waals surface area contributed by atoms with Crippen LogP contribution in [0.15, 0.2) is 51.4 Å². The first-order valence-corrected chi connectivity index (χ1v) is 8.63. The van der Waals surface area contributed by atoms with E-state index in [1.165, 1.54) is 23.5 Å². The first-order valence-electron chi connectivity index (χ1n) is 7.75. The molecule has 3 heterocycles. The third-order valence-corrected chi connectivity index (χ3v) is 4.80. The highest BCUT2D eigenvalue weighted by Crippen LogP contribution is 2.28. The SMILES string of the molecule is Cc1noc2nc(-c3ccccc3F)cc(C(=O)N=c3sccn3C)c12. The van der Waals surface area contributed by atoms with Crippen molar-refractivity contribution in [3.8, 4) is 11.3 Å². The molecule has 130 valence electrons. The van der Waals surface area contributed by atoms with Crippen LogP contribution in [0, 0.1) is 12.7 Å². The Morgan fingerprint density at radius 1 is 1.35 bits per heavy atom. The molecular formula is C18H13FN4O2S. The Bertz CT molecular complexity index is 1210. The Hall–Kier alpha value is -3.13. The van der Waals surface area contributed by atoms with E-state index in [1.54, 1.807) is 36.7 Å². The number of halogens is 1. The number of carbonyl (C=O) groups is 1. The second-order valence-corrected chi connectivity index (χ2v) is 6.57. The summed E-state index contributed by atoms with van der Waals surface area (Å²) in [5.41, 5.74) is 1.56. The van der Waals surface area contributed by atoms with E-state index in [2.05, 4.69) is 15.1 Å². The van der Waals surface area contributed by atoms with Crippen LogP contribution in [0.3, 0.4) is 0 Å². The zero-order chi connectivity index (χ0) is 18.3. The van der Waals surface area contributed by atoms with E-state index < -0.39 is 11.7 Å². The summed E-state index contributed by atoms with van der Waals surface area (Å²) in [5, 5.41) is 6.20. The largest absolute Gasteiger partial charge is 0.335 e. The van der Waals surface area contributed by atoms with E-state index in [1.807, 2.05) is 11.6 Å². The molecule has 0 saturated heterocycles. The number of pyridine rings is 1. The van der Waals surface area contributed by atoms with Crippen molar-refractivity contribution in [2.24, 2.45) is 12.0 Å². The molecular weight excluding hydrogens is 355 g/mol. The van der Waals surface area contributed by atoms with Crippen LogP contribution < -0.4 is 4.80 Å². The normalized spacial score (nSPS) is 12.0. The first kappa shape index (κ1) is 16.3. The van der Waals surface area contributed by atoms with E-state index in [0.29, 0.717) is 21.6 Å². The summed E-state index contributed by atoms with van der Waals surface area (Å²) in [6, 6.07) is 7.76. The predicted octanol–water partition coefficient (Wildman–Crippen LogP) is 3.48. The molecule has 4 rings (SSSR count). The van der Waals surface area contributed by atoms with Gasteiger partial charge in [-0.2, -0.15) is 4.99 Å². The van der Waals surface area contributed by atoms with Crippen LogP contribution in [-0.2, 0) is 7.05 Å². The van der Waals surface area contributed by atoms with Gasteiger partial charge in [-0.1, -0.05) is 17.3 Å². The van der Waals surface area contributed by atoms with Gasteiger partial charge in [-0.25, -0.2) is 9.37 Å². The summed E-state index contributed by atoms with van der Waals surface area (Å²) < 4.78 is 21.1. The van der Waals surface area contributed by atoms with Crippen LogP contribution in [0.2, 0.25) is 0 Å². The van der Waals surface area contributed by atoms with Crippen molar-refractivity contribution in [1.29, 1.82) is 0 Å². The summed E-state index contributed by atoms with van der Waals surface area (Å²) >= 11 is 1.35. The molecule has 0 aliphatic carbocycles. The number of hydrogen-bond acceptors (Lipinski definition) is 5. The number of hydrogen-bond donors (Lipinski definition) is 0. The average molecular weight is 368 g/mol. The number of aryl methyl sites for hydroxylation is 2. The van der Waals surface area contributed by atoms with Crippen molar-refractivity contribution in [1.82, 2.24) is 14.7 Å². The molecule has 0 saturated carbocycles. The van der Waals surface area contributed by atoms with E-state index >= 15 is 0 Å². The smallest absolute Gasteiger partial charge is 0.280 e. The molecule has 0 aliphatic heterocycles. The van der Waals surface area contributed by atoms with Gasteiger partial charge >= 0.3 is 0 Å². The first-order chi connectivity index (χ1) is 12.5. The maximum atomic E-state index is 14.2. The van der Waals surface area contributed by atoms with E-state index in [0.717, 1.165) is 0 Å². The summed E-state index contributed by atoms with van der Waals surface area (Å²) in [4.78, 5) is 21.9. The molecule has 0 N–H and O–H groups in total. The lowest BCUT2D eigenvalue weighted by Crippen LogP contribution is -2.13. The number of aromatic nitrogens is 3. The van der Waals surface area contributed by atoms with Crippen molar-refractivity contribution in [2.75, 3.05) is 0 Å². The fraction of sp³-hybridized carbons (Fsp3) is 0.111. The molecule has 8 heteroatoms. The fourth-order valence-electron chi connectivity index (χ4n) is 2.65. The summed E-state index contributed by atoms with van der Waals surface area (Å²) in [6.45, 7) is 1.72. The molecule has 0 spiro atoms. The average Bonchev–Trinajstić information content (AvgIpc) is 3.21. The fourth-order valence-corrected chi connectivity index (χ4v) is 3.38. The molecule has 1 aromatic carbocycles. The second kappa shape index (κ2) is 6.30. The molecule has 0 bridgehead atoms. The number of benzene rings is 1. The summed E-state index contributed by atoms with van der Waals surface area (Å²) in [5.74, 6) is -0.894. The Morgan fingerprint density at radius 2 is 2.15 bits per heavy atom. The predicted molar refractivity (Wildman–Crippen MR) is 95.1 cm³/mol. The maximum absolute atomic E-state index is 14.2. The van der Waals surface area contributed by atoms with E-state index in [9.17, 15) is 9.18 Å². The van der Waals surface area contributed by atoms with Crippen LogP contribution >= 0.6 is 11.3 Å². The Morgan fingerprint density at radius 3 is 2.88 bits per heavy atom. The molecule has 4 aromatic rings. The lowest BCUT2D eigenvalue weighted by Gasteiger charge is -2.05. The molecule has 0 atom stereocenters. The lowest BCUT2D eigenvalue weighted by molar-refractivity contribution is 0.0999. The zero-order valence-corrected chi connectivity index (χ0v) is 14.7. The highest BCUT2D eigenvalue weighted by atomic mass is 32.1. The van der Waals surface area contributed by atoms with Crippen molar-refractivity contribution in [2.45, 2.75) is 6.92 Å². The molecule has 6 nitrogen and oxygen atoms in total. The number of carbonyl (C=O) groups excluding carboxylic acids is 1. The molecule has 3 aromatic heterocycles. The number of thiazole rings is 1. The third kappa shape index (κ3) is 2.74. The summed E-state index contributed by atoms with van der Waals surface area (Å²) in [6.07, 6.45) is 1.81. The van der Waals surface area contributed by atoms with Crippen molar-refractivity contribution < 1.29 is 13.7 Å². The van der Waals surface area contributed by atoms with Crippen molar-refractivity contribution in [3.63, 3.8) is 0 Å². The minimum atomic E-state index is -0.459. The Labute approximate surface area is 151 Å². The molecule has 0 fully saturated rings. The van der Waals surface area contributed by atoms with Crippen LogP contribution in [0.25, 0.3) is 22.4 Å². The molecule has 0 aliphatic rings. The van der Waals surface area contributed by atoms with E-state index in [-0.39, 0.29) is 16.8 Å². The van der Waals surface area contributed by atoms with Gasteiger partial charge in [0.1, 0.15) is 5.82 Å². The third-order valence-electron chi connectivity index (χ3n) is 3.95. The monoisotopic (exact) mass is 368 g/mol. The zero-order valence-electron chi connectivity index (χ0n) is 13.9. The van der Waals surface area contributed by atoms with Crippen molar-refractivity contribution >= 4 is 28.3 Å². The highest BCUT2D eigenvalue weighted by Gasteiger charge is 2.20. The summed E-state index contributed by atoms with van der Waals surface area (Å²) in [7, 11) is 1.81. The van der Waals surface area contributed by atoms with Gasteiger partial charge in [0.2, 0.25) is 0 Å². The minimum absolute atomic E-state index is 0.178. The standard InChI is InChI=1S/C18H13FN4O2S/c1-10-15-12(16(24)21-18-23(2)7-8-26-18)9-14(20-17(15)25-22-10)11-5-3-4-6-13(11)19/h3-9H,1-2H3. The number of amides is 1. The number of nitrogens with zero attached hydrogens (tertiary/aromatic N) is 4. The minimum Gasteiger partial charge on any atom is -0.335 e. The van der Waals surface area contributed by atoms with Crippen molar-refractivity contribution in [3.05, 3.63) is 63.8 Å². The highest BCUT2D eigenvalue weighted by molar-refractivity contribution is 7.07. The second-order valence-electron chi connectivity index (χ2n) is 5.70. The van der Waals surface area contributed by atoms with Gasteiger partial charge in [-0.15, -0.1) is 11.3 Å². The van der Waals surface area contributed by atoms with Crippen LogP contribution in [0.5, 0.6) is 0 Å². The van der Waals surface area contributed by atoms with Gasteiger partial charge in [-0.3, -0.25) is 4.79 Å². The Balaban J connectivity index is 1.96. The van der Waals surface area contributed by atoms with Crippen LogP contribution in [0.4, 0.5) is 4.39 Å². The Kier molecular flexibility index (Phi) is 3.96. The van der Waals surface area contributed by atoms with Gasteiger partial charge in [0.25, 0.3) is 11.6 Å². The molecule has 0 radical (unpaired) electrons. The molecule has 1 amide bonds. The van der Waals surface area contributed by atoms with Gasteiger partial charge in [-0.05, 0) is 25.1 Å². The topological polar surface area (TPSA) is 73.3 Å². The van der Waals surface area contributed by atoms with E-state index in [4.69, 9.17) is 4.52 Å². The van der Waals surface area contributed by atoms with Crippen LogP contribution in [0.1, 0.15) is 16.1 Å². The van der Waals surface area contributed by atoms with Crippen LogP contribution in [-0.4, -0.2) is 20.6 Å². The van der Waals surface area contributed by atoms with Gasteiger partial charge in [0, 0.05) is 24.2 Å². The molecule has 26 heavy (non-hydrogen) atoms. The number of rotatable bonds is 2. The molecule has 0 unspecified atom stereocenters.